The molecule has 0 unspecified atom stereocenters. The Kier molecular flexibility index (Phi) is 5.33. The second-order valence-corrected chi connectivity index (χ2v) is 6.00. The first-order chi connectivity index (χ1) is 13.5. The van der Waals surface area contributed by atoms with Gasteiger partial charge in [-0.2, -0.15) is 5.26 Å². The number of anilines is 1. The lowest BCUT2D eigenvalue weighted by atomic mass is 10.1. The number of carbonyl (C=O) groups excluding carboxylic acids is 1. The van der Waals surface area contributed by atoms with Crippen LogP contribution in [0.1, 0.15) is 11.3 Å². The third-order valence-electron chi connectivity index (χ3n) is 3.93. The molecule has 1 aromatic heterocycles. The van der Waals surface area contributed by atoms with Crippen molar-refractivity contribution in [2.75, 3.05) is 5.32 Å². The number of benzene rings is 2. The largest absolute Gasteiger partial charge is 0.457 e. The Bertz CT molecular complexity index is 1110. The Balaban J connectivity index is 1.81. The number of nitro benzene ring substituents is 1. The van der Waals surface area contributed by atoms with Gasteiger partial charge in [0.2, 0.25) is 0 Å². The number of amides is 1. The second-order valence-electron chi connectivity index (χ2n) is 6.00. The van der Waals surface area contributed by atoms with Gasteiger partial charge in [-0.3, -0.25) is 14.9 Å². The van der Waals surface area contributed by atoms with E-state index in [2.05, 4.69) is 5.32 Å². The molecular weight excluding hydrogens is 358 g/mol. The number of nitriles is 1. The molecule has 1 heterocycles. The maximum Gasteiger partial charge on any atom is 0.270 e. The second kappa shape index (κ2) is 8.01. The molecule has 1 amide bonds. The van der Waals surface area contributed by atoms with Gasteiger partial charge in [0.1, 0.15) is 23.2 Å². The number of hydrogen-bond donors (Lipinski definition) is 1. The third kappa shape index (κ3) is 4.31. The van der Waals surface area contributed by atoms with Crippen molar-refractivity contribution in [3.63, 3.8) is 0 Å². The molecule has 3 rings (SSSR count). The summed E-state index contributed by atoms with van der Waals surface area (Å²) in [6.07, 6.45) is 1.32. The minimum absolute atomic E-state index is 0.0545. The number of rotatable bonds is 5. The smallest absolute Gasteiger partial charge is 0.270 e. The van der Waals surface area contributed by atoms with Crippen molar-refractivity contribution >= 4 is 23.4 Å². The molecule has 28 heavy (non-hydrogen) atoms. The highest BCUT2D eigenvalue weighted by Crippen LogP contribution is 2.26. The van der Waals surface area contributed by atoms with E-state index >= 15 is 0 Å². The zero-order valence-corrected chi connectivity index (χ0v) is 14.9. The molecule has 0 aliphatic rings. The van der Waals surface area contributed by atoms with Crippen LogP contribution in [-0.2, 0) is 4.79 Å². The first kappa shape index (κ1) is 18.6. The van der Waals surface area contributed by atoms with Crippen molar-refractivity contribution in [1.29, 1.82) is 5.26 Å². The fourth-order valence-corrected chi connectivity index (χ4v) is 2.48. The molecule has 0 aliphatic carbocycles. The molecule has 0 saturated carbocycles. The van der Waals surface area contributed by atoms with Crippen LogP contribution in [0.2, 0.25) is 0 Å². The Morgan fingerprint density at radius 2 is 1.93 bits per heavy atom. The monoisotopic (exact) mass is 373 g/mol. The first-order valence-electron chi connectivity index (χ1n) is 8.31. The summed E-state index contributed by atoms with van der Waals surface area (Å²) in [5.41, 5.74) is 1.98. The van der Waals surface area contributed by atoms with Crippen molar-refractivity contribution in [3.05, 3.63) is 87.7 Å². The number of furan rings is 1. The number of non-ortho nitro benzene ring substituents is 1. The molecule has 0 radical (unpaired) electrons. The number of carbonyl (C=O) groups is 1. The van der Waals surface area contributed by atoms with E-state index in [1.54, 1.807) is 36.4 Å². The minimum Gasteiger partial charge on any atom is -0.457 e. The van der Waals surface area contributed by atoms with Gasteiger partial charge in [0.05, 0.1) is 4.92 Å². The summed E-state index contributed by atoms with van der Waals surface area (Å²) in [4.78, 5) is 22.7. The summed E-state index contributed by atoms with van der Waals surface area (Å²) in [6.45, 7) is 1.93. The van der Waals surface area contributed by atoms with Gasteiger partial charge in [-0.1, -0.05) is 29.8 Å². The molecule has 0 aliphatic heterocycles. The van der Waals surface area contributed by atoms with Gasteiger partial charge in [0.25, 0.3) is 11.6 Å². The van der Waals surface area contributed by atoms with Crippen LogP contribution >= 0.6 is 0 Å². The van der Waals surface area contributed by atoms with E-state index in [9.17, 15) is 20.2 Å². The van der Waals surface area contributed by atoms with Gasteiger partial charge in [-0.25, -0.2) is 0 Å². The van der Waals surface area contributed by atoms with E-state index in [1.165, 1.54) is 18.2 Å². The molecule has 0 spiro atoms. The number of nitro groups is 1. The molecule has 0 fully saturated rings. The molecular formula is C21H15N3O4. The van der Waals surface area contributed by atoms with Crippen LogP contribution in [0.4, 0.5) is 11.4 Å². The molecule has 7 heteroatoms. The number of nitrogens with zero attached hydrogens (tertiary/aromatic N) is 2. The van der Waals surface area contributed by atoms with Crippen LogP contribution < -0.4 is 5.32 Å². The Hall–Kier alpha value is -4.18. The Morgan fingerprint density at radius 1 is 1.18 bits per heavy atom. The average molecular weight is 373 g/mol. The molecule has 7 nitrogen and oxygen atoms in total. The van der Waals surface area contributed by atoms with E-state index in [1.807, 2.05) is 25.1 Å². The van der Waals surface area contributed by atoms with Crippen molar-refractivity contribution in [2.24, 2.45) is 0 Å². The summed E-state index contributed by atoms with van der Waals surface area (Å²) >= 11 is 0. The standard InChI is InChI=1S/C21H15N3O4/c1-14-5-7-17(8-6-14)23-21(25)16(13-22)12-19-9-10-20(28-19)15-3-2-4-18(11-15)24(26)27/h2-12H,1H3,(H,23,25)/b16-12-. The van der Waals surface area contributed by atoms with Gasteiger partial charge in [-0.15, -0.1) is 0 Å². The van der Waals surface area contributed by atoms with E-state index < -0.39 is 10.8 Å². The molecule has 0 atom stereocenters. The van der Waals surface area contributed by atoms with Gasteiger partial charge < -0.3 is 9.73 Å². The van der Waals surface area contributed by atoms with Gasteiger partial charge in [0, 0.05) is 29.5 Å². The Labute approximate surface area is 160 Å². The lowest BCUT2D eigenvalue weighted by Crippen LogP contribution is -2.13. The highest BCUT2D eigenvalue weighted by molar-refractivity contribution is 6.09. The number of hydrogen-bond acceptors (Lipinski definition) is 5. The number of nitrogens with one attached hydrogen (secondary N) is 1. The topological polar surface area (TPSA) is 109 Å². The van der Waals surface area contributed by atoms with Crippen molar-refractivity contribution in [1.82, 2.24) is 0 Å². The Morgan fingerprint density at radius 3 is 2.61 bits per heavy atom. The molecule has 1 N–H and O–H groups in total. The molecule has 3 aromatic rings. The number of aryl methyl sites for hydroxylation is 1. The van der Waals surface area contributed by atoms with Crippen LogP contribution in [0.3, 0.4) is 0 Å². The van der Waals surface area contributed by atoms with Crippen molar-refractivity contribution < 1.29 is 14.1 Å². The summed E-state index contributed by atoms with van der Waals surface area (Å²) in [6, 6.07) is 18.3. The van der Waals surface area contributed by atoms with Crippen LogP contribution in [-0.4, -0.2) is 10.8 Å². The minimum atomic E-state index is -0.556. The zero-order chi connectivity index (χ0) is 20.1. The highest BCUT2D eigenvalue weighted by Gasteiger charge is 2.13. The summed E-state index contributed by atoms with van der Waals surface area (Å²) in [5, 5.41) is 22.9. The van der Waals surface area contributed by atoms with Gasteiger partial charge in [0.15, 0.2) is 0 Å². The normalized spacial score (nSPS) is 10.9. The molecule has 0 bridgehead atoms. The maximum absolute atomic E-state index is 12.3. The quantitative estimate of drug-likeness (QED) is 0.301. The van der Waals surface area contributed by atoms with Gasteiger partial charge in [-0.05, 0) is 31.2 Å². The lowest BCUT2D eigenvalue weighted by molar-refractivity contribution is -0.384. The van der Waals surface area contributed by atoms with Crippen molar-refractivity contribution in [2.45, 2.75) is 6.92 Å². The predicted molar refractivity (Wildman–Crippen MR) is 104 cm³/mol. The fraction of sp³-hybridized carbons (Fsp3) is 0.0476. The van der Waals surface area contributed by atoms with Gasteiger partial charge >= 0.3 is 0 Å². The molecule has 2 aromatic carbocycles. The zero-order valence-electron chi connectivity index (χ0n) is 14.9. The summed E-state index contributed by atoms with van der Waals surface area (Å²) in [5.74, 6) is 0.128. The van der Waals surface area contributed by atoms with E-state index in [0.29, 0.717) is 17.0 Å². The van der Waals surface area contributed by atoms with Crippen LogP contribution in [0.5, 0.6) is 0 Å². The third-order valence-corrected chi connectivity index (χ3v) is 3.93. The van der Waals surface area contributed by atoms with Crippen LogP contribution in [0.15, 0.2) is 70.7 Å². The average Bonchev–Trinajstić information content (AvgIpc) is 3.16. The molecule has 0 saturated heterocycles. The SMILES string of the molecule is Cc1ccc(NC(=O)/C(C#N)=C\c2ccc(-c3cccc([N+](=O)[O-])c3)o2)cc1. The first-order valence-corrected chi connectivity index (χ1v) is 8.31. The fourth-order valence-electron chi connectivity index (χ4n) is 2.48. The lowest BCUT2D eigenvalue weighted by Gasteiger charge is -2.04. The van der Waals surface area contributed by atoms with Crippen LogP contribution in [0.25, 0.3) is 17.4 Å². The van der Waals surface area contributed by atoms with Crippen LogP contribution in [0, 0.1) is 28.4 Å². The highest BCUT2D eigenvalue weighted by atomic mass is 16.6. The van der Waals surface area contributed by atoms with Crippen molar-refractivity contribution in [3.8, 4) is 17.4 Å². The summed E-state index contributed by atoms with van der Waals surface area (Å²) < 4.78 is 5.62. The molecule has 138 valence electrons. The van der Waals surface area contributed by atoms with E-state index in [0.717, 1.165) is 5.56 Å². The summed E-state index contributed by atoms with van der Waals surface area (Å²) in [7, 11) is 0. The predicted octanol–water partition coefficient (Wildman–Crippen LogP) is 4.71. The van der Waals surface area contributed by atoms with E-state index in [-0.39, 0.29) is 17.0 Å². The maximum atomic E-state index is 12.3. The van der Waals surface area contributed by atoms with E-state index in [4.69, 9.17) is 4.42 Å².